The van der Waals surface area contributed by atoms with Gasteiger partial charge < -0.3 is 0 Å². The summed E-state index contributed by atoms with van der Waals surface area (Å²) in [6.45, 7) is 7.33. The smallest absolute Gasteiger partial charge is 0.185 e. The second kappa shape index (κ2) is 5.50. The summed E-state index contributed by atoms with van der Waals surface area (Å²) in [5.41, 5.74) is 1.47. The van der Waals surface area contributed by atoms with E-state index < -0.39 is 0 Å². The highest BCUT2D eigenvalue weighted by Gasteiger charge is 2.11. The number of aromatic nitrogens is 3. The summed E-state index contributed by atoms with van der Waals surface area (Å²) < 4.78 is 1.88. The van der Waals surface area contributed by atoms with Gasteiger partial charge in [-0.15, -0.1) is 5.10 Å². The van der Waals surface area contributed by atoms with E-state index >= 15 is 0 Å². The monoisotopic (exact) mass is 206 g/mol. The minimum Gasteiger partial charge on any atom is -0.248 e. The van der Waals surface area contributed by atoms with E-state index in [-0.39, 0.29) is 0 Å². The summed E-state index contributed by atoms with van der Waals surface area (Å²) in [5.74, 6) is 0.647. The minimum atomic E-state index is 0.487. The highest BCUT2D eigenvalue weighted by molar-refractivity contribution is 5.24. The molecule has 0 aliphatic rings. The van der Waals surface area contributed by atoms with Crippen LogP contribution in [0.2, 0.25) is 0 Å². The van der Waals surface area contributed by atoms with E-state index in [2.05, 4.69) is 37.2 Å². The molecular formula is C11H18N4. The van der Waals surface area contributed by atoms with Crippen molar-refractivity contribution in [3.8, 4) is 6.07 Å². The fraction of sp³-hybridized carbons (Fsp3) is 0.727. The maximum absolute atomic E-state index is 8.87. The molecule has 1 aromatic rings. The lowest BCUT2D eigenvalue weighted by atomic mass is 10.1. The molecule has 0 atom stereocenters. The van der Waals surface area contributed by atoms with Crippen molar-refractivity contribution in [1.29, 1.82) is 5.26 Å². The highest BCUT2D eigenvalue weighted by Crippen LogP contribution is 2.10. The Labute approximate surface area is 90.9 Å². The topological polar surface area (TPSA) is 54.5 Å². The lowest BCUT2D eigenvalue weighted by Crippen LogP contribution is -2.08. The molecule has 4 nitrogen and oxygen atoms in total. The fourth-order valence-corrected chi connectivity index (χ4v) is 1.46. The summed E-state index contributed by atoms with van der Waals surface area (Å²) in [6.07, 6.45) is 2.97. The summed E-state index contributed by atoms with van der Waals surface area (Å²) >= 11 is 0. The first-order valence-electron chi connectivity index (χ1n) is 5.51. The van der Waals surface area contributed by atoms with Gasteiger partial charge in [0.05, 0.1) is 5.69 Å². The third-order valence-electron chi connectivity index (χ3n) is 2.35. The molecule has 0 spiro atoms. The highest BCUT2D eigenvalue weighted by atomic mass is 15.4. The molecule has 0 aliphatic heterocycles. The van der Waals surface area contributed by atoms with Gasteiger partial charge in [-0.05, 0) is 18.8 Å². The Morgan fingerprint density at radius 2 is 2.20 bits per heavy atom. The van der Waals surface area contributed by atoms with Gasteiger partial charge in [0, 0.05) is 6.54 Å². The second-order valence-electron chi connectivity index (χ2n) is 4.15. The molecule has 0 aliphatic carbocycles. The number of nitriles is 1. The number of aryl methyl sites for hydroxylation is 1. The third-order valence-corrected chi connectivity index (χ3v) is 2.35. The predicted octanol–water partition coefficient (Wildman–Crippen LogP) is 2.15. The van der Waals surface area contributed by atoms with E-state index in [1.54, 1.807) is 0 Å². The molecule has 0 saturated heterocycles. The lowest BCUT2D eigenvalue weighted by Gasteiger charge is -2.07. The number of rotatable bonds is 5. The average Bonchev–Trinajstić information content (AvgIpc) is 2.58. The molecule has 0 saturated carbocycles. The predicted molar refractivity (Wildman–Crippen MR) is 58.2 cm³/mol. The van der Waals surface area contributed by atoms with E-state index in [4.69, 9.17) is 5.26 Å². The summed E-state index contributed by atoms with van der Waals surface area (Å²) in [6, 6.07) is 2.09. The average molecular weight is 206 g/mol. The Kier molecular flexibility index (Phi) is 4.29. The maximum atomic E-state index is 8.87. The first-order valence-corrected chi connectivity index (χ1v) is 5.51. The molecule has 0 N–H and O–H groups in total. The largest absolute Gasteiger partial charge is 0.248 e. The first kappa shape index (κ1) is 11.7. The van der Waals surface area contributed by atoms with Crippen molar-refractivity contribution in [2.75, 3.05) is 0 Å². The van der Waals surface area contributed by atoms with Crippen molar-refractivity contribution in [2.24, 2.45) is 5.92 Å². The SMILES string of the molecule is CCCc1c(C#N)nnn1CCC(C)C. The van der Waals surface area contributed by atoms with Crippen molar-refractivity contribution < 1.29 is 0 Å². The molecular weight excluding hydrogens is 188 g/mol. The number of hydrogen-bond donors (Lipinski definition) is 0. The van der Waals surface area contributed by atoms with Gasteiger partial charge >= 0.3 is 0 Å². The number of hydrogen-bond acceptors (Lipinski definition) is 3. The molecule has 0 fully saturated rings. The molecule has 82 valence electrons. The van der Waals surface area contributed by atoms with E-state index in [1.165, 1.54) is 0 Å². The van der Waals surface area contributed by atoms with Gasteiger partial charge in [0.25, 0.3) is 0 Å². The van der Waals surface area contributed by atoms with Crippen LogP contribution < -0.4 is 0 Å². The fourth-order valence-electron chi connectivity index (χ4n) is 1.46. The molecule has 0 bridgehead atoms. The van der Waals surface area contributed by atoms with Crippen LogP contribution in [0.3, 0.4) is 0 Å². The molecule has 1 heterocycles. The molecule has 1 rings (SSSR count). The zero-order valence-electron chi connectivity index (χ0n) is 9.69. The van der Waals surface area contributed by atoms with Crippen molar-refractivity contribution in [1.82, 2.24) is 15.0 Å². The number of nitrogens with zero attached hydrogens (tertiary/aromatic N) is 4. The van der Waals surface area contributed by atoms with Gasteiger partial charge in [-0.25, -0.2) is 4.68 Å². The molecule has 0 radical (unpaired) electrons. The minimum absolute atomic E-state index is 0.487. The molecule has 0 aromatic carbocycles. The van der Waals surface area contributed by atoms with Crippen LogP contribution in [0, 0.1) is 17.2 Å². The second-order valence-corrected chi connectivity index (χ2v) is 4.15. The zero-order chi connectivity index (χ0) is 11.3. The standard InChI is InChI=1S/C11H18N4/c1-4-5-11-10(8-12)13-14-15(11)7-6-9(2)3/h9H,4-7H2,1-3H3. The van der Waals surface area contributed by atoms with Crippen molar-refractivity contribution in [3.63, 3.8) is 0 Å². The van der Waals surface area contributed by atoms with Crippen LogP contribution in [-0.4, -0.2) is 15.0 Å². The molecule has 1 aromatic heterocycles. The molecule has 15 heavy (non-hydrogen) atoms. The van der Waals surface area contributed by atoms with Crippen LogP contribution in [0.15, 0.2) is 0 Å². The summed E-state index contributed by atoms with van der Waals surface area (Å²) in [7, 11) is 0. The van der Waals surface area contributed by atoms with Gasteiger partial charge in [-0.2, -0.15) is 5.26 Å². The van der Waals surface area contributed by atoms with Crippen molar-refractivity contribution in [3.05, 3.63) is 11.4 Å². The third kappa shape index (κ3) is 3.05. The first-order chi connectivity index (χ1) is 7.19. The molecule has 4 heteroatoms. The Morgan fingerprint density at radius 1 is 1.47 bits per heavy atom. The van der Waals surface area contributed by atoms with E-state index in [0.717, 1.165) is 31.5 Å². The Hall–Kier alpha value is -1.37. The summed E-state index contributed by atoms with van der Waals surface area (Å²) in [5, 5.41) is 16.8. The van der Waals surface area contributed by atoms with E-state index in [9.17, 15) is 0 Å². The van der Waals surface area contributed by atoms with Crippen LogP contribution in [0.1, 0.15) is 45.0 Å². The quantitative estimate of drug-likeness (QED) is 0.741. The van der Waals surface area contributed by atoms with Crippen LogP contribution in [0.4, 0.5) is 0 Å². The lowest BCUT2D eigenvalue weighted by molar-refractivity contribution is 0.466. The van der Waals surface area contributed by atoms with Crippen molar-refractivity contribution in [2.45, 2.75) is 46.6 Å². The van der Waals surface area contributed by atoms with Crippen LogP contribution >= 0.6 is 0 Å². The van der Waals surface area contributed by atoms with Crippen molar-refractivity contribution >= 4 is 0 Å². The van der Waals surface area contributed by atoms with Crippen LogP contribution in [0.25, 0.3) is 0 Å². The normalized spacial score (nSPS) is 10.6. The Balaban J connectivity index is 2.78. The Morgan fingerprint density at radius 3 is 2.73 bits per heavy atom. The van der Waals surface area contributed by atoms with Gasteiger partial charge in [-0.3, -0.25) is 0 Å². The van der Waals surface area contributed by atoms with Crippen LogP contribution in [0.5, 0.6) is 0 Å². The van der Waals surface area contributed by atoms with Gasteiger partial charge in [-0.1, -0.05) is 32.4 Å². The van der Waals surface area contributed by atoms with E-state index in [1.807, 2.05) is 4.68 Å². The molecule has 0 unspecified atom stereocenters. The van der Waals surface area contributed by atoms with Gasteiger partial charge in [0.2, 0.25) is 0 Å². The maximum Gasteiger partial charge on any atom is 0.185 e. The Bertz CT molecular complexity index is 346. The van der Waals surface area contributed by atoms with Gasteiger partial charge in [0.1, 0.15) is 6.07 Å². The molecule has 0 amide bonds. The zero-order valence-corrected chi connectivity index (χ0v) is 9.69. The van der Waals surface area contributed by atoms with Crippen LogP contribution in [-0.2, 0) is 13.0 Å². The van der Waals surface area contributed by atoms with E-state index in [0.29, 0.717) is 11.6 Å². The summed E-state index contributed by atoms with van der Waals surface area (Å²) in [4.78, 5) is 0. The van der Waals surface area contributed by atoms with Gasteiger partial charge in [0.15, 0.2) is 5.69 Å².